The molecule has 0 aliphatic heterocycles. The monoisotopic (exact) mass is 173 g/mol. The van der Waals surface area contributed by atoms with Crippen molar-refractivity contribution < 1.29 is 9.20 Å². The first kappa shape index (κ1) is 8.26. The molecule has 4 nitrogen and oxygen atoms in total. The molecule has 0 aliphatic rings. The molecule has 11 heavy (non-hydrogen) atoms. The second kappa shape index (κ2) is 2.33. The molecule has 0 atom stereocenters. The highest BCUT2D eigenvalue weighted by Gasteiger charge is 2.33. The first-order chi connectivity index (χ1) is 4.93. The number of nitrogens with one attached hydrogen (secondary N) is 1. The first-order valence-electron chi connectivity index (χ1n) is 3.51. The number of hydrogen-bond acceptors (Lipinski definition) is 2. The van der Waals surface area contributed by atoms with E-state index in [9.17, 15) is 4.79 Å². The van der Waals surface area contributed by atoms with Crippen LogP contribution in [0.1, 0.15) is 0 Å². The molecule has 5 heteroatoms. The summed E-state index contributed by atoms with van der Waals surface area (Å²) in [6.07, 6.45) is 0. The maximum atomic E-state index is 11.1. The Morgan fingerprint density at radius 3 is 2.18 bits per heavy atom. The van der Waals surface area contributed by atoms with E-state index in [1.54, 1.807) is 11.7 Å². The van der Waals surface area contributed by atoms with E-state index in [2.05, 4.69) is 29.4 Å². The summed E-state index contributed by atoms with van der Waals surface area (Å²) < 4.78 is 6.30. The third-order valence-electron chi connectivity index (χ3n) is 1.51. The number of H-pyrrole nitrogens is 1. The Labute approximate surface area is 65.8 Å². The highest BCUT2D eigenvalue weighted by molar-refractivity contribution is 6.87. The summed E-state index contributed by atoms with van der Waals surface area (Å²) in [5.74, 6) is 0. The number of aromatic amines is 1. The predicted octanol–water partition coefficient (Wildman–Crippen LogP) is -0.662. The quantitative estimate of drug-likeness (QED) is 0.452. The minimum atomic E-state index is -1.54. The van der Waals surface area contributed by atoms with Gasteiger partial charge in [-0.1, -0.05) is 24.3 Å². The molecule has 0 saturated heterocycles. The Bertz CT molecular complexity index is 307. The highest BCUT2D eigenvalue weighted by Crippen LogP contribution is 1.93. The Morgan fingerprint density at radius 1 is 1.45 bits per heavy atom. The SMILES string of the molecule is C[n+]1[nH]oc(=O)c1[Si](C)(C)C. The average molecular weight is 173 g/mol. The van der Waals surface area contributed by atoms with Crippen LogP contribution < -0.4 is 15.6 Å². The predicted molar refractivity (Wildman–Crippen MR) is 43.5 cm³/mol. The van der Waals surface area contributed by atoms with E-state index >= 15 is 0 Å². The lowest BCUT2D eigenvalue weighted by atomic mass is 10.9. The summed E-state index contributed by atoms with van der Waals surface area (Å²) >= 11 is 0. The molecule has 0 unspecified atom stereocenters. The summed E-state index contributed by atoms with van der Waals surface area (Å²) in [6, 6.07) is 0. The smallest absolute Gasteiger partial charge is 0.284 e. The Balaban J connectivity index is 3.33. The van der Waals surface area contributed by atoms with Gasteiger partial charge in [0.15, 0.2) is 15.1 Å². The van der Waals surface area contributed by atoms with Crippen molar-refractivity contribution in [1.29, 1.82) is 0 Å². The number of hydrogen-bond donors (Lipinski definition) is 1. The van der Waals surface area contributed by atoms with Crippen LogP contribution in [0.4, 0.5) is 0 Å². The molecule has 1 N–H and O–H groups in total. The molecule has 0 amide bonds. The molecule has 0 radical (unpaired) electrons. The Kier molecular flexibility index (Phi) is 1.75. The lowest BCUT2D eigenvalue weighted by Gasteiger charge is -2.04. The molecule has 0 saturated carbocycles. The molecular formula is C6H13N2O2Si+. The number of aromatic nitrogens is 2. The molecule has 0 spiro atoms. The largest absolute Gasteiger partial charge is 0.423 e. The third kappa shape index (κ3) is 1.42. The second-order valence-electron chi connectivity index (χ2n) is 3.64. The Hall–Kier alpha value is -0.843. The molecule has 0 fully saturated rings. The molecule has 62 valence electrons. The minimum Gasteiger partial charge on any atom is -0.284 e. The molecule has 1 aromatic rings. The van der Waals surface area contributed by atoms with Crippen molar-refractivity contribution in [3.63, 3.8) is 0 Å². The van der Waals surface area contributed by atoms with Crippen molar-refractivity contribution >= 4 is 13.4 Å². The topological polar surface area (TPSA) is 49.9 Å². The van der Waals surface area contributed by atoms with Crippen LogP contribution in [0, 0.1) is 0 Å². The van der Waals surface area contributed by atoms with E-state index in [1.165, 1.54) is 0 Å². The summed E-state index contributed by atoms with van der Waals surface area (Å²) in [5, 5.41) is 3.30. The van der Waals surface area contributed by atoms with Crippen molar-refractivity contribution in [1.82, 2.24) is 5.27 Å². The first-order valence-corrected chi connectivity index (χ1v) is 7.01. The molecule has 0 aliphatic carbocycles. The van der Waals surface area contributed by atoms with Crippen molar-refractivity contribution in [3.8, 4) is 0 Å². The second-order valence-corrected chi connectivity index (χ2v) is 8.61. The van der Waals surface area contributed by atoms with Crippen molar-refractivity contribution in [2.24, 2.45) is 7.05 Å². The summed E-state index contributed by atoms with van der Waals surface area (Å²) in [6.45, 7) is 6.31. The molecule has 1 heterocycles. The van der Waals surface area contributed by atoms with Gasteiger partial charge >= 0.3 is 5.63 Å². The van der Waals surface area contributed by atoms with Crippen LogP contribution in [0.25, 0.3) is 0 Å². The van der Waals surface area contributed by atoms with E-state index < -0.39 is 8.07 Å². The molecule has 0 aromatic carbocycles. The third-order valence-corrected chi connectivity index (χ3v) is 3.47. The lowest BCUT2D eigenvalue weighted by molar-refractivity contribution is -0.725. The zero-order valence-electron chi connectivity index (χ0n) is 7.26. The average Bonchev–Trinajstić information content (AvgIpc) is 2.08. The van der Waals surface area contributed by atoms with E-state index in [1.807, 2.05) is 0 Å². The van der Waals surface area contributed by atoms with E-state index in [4.69, 9.17) is 0 Å². The molecule has 0 bridgehead atoms. The fourth-order valence-corrected chi connectivity index (χ4v) is 2.87. The summed E-state index contributed by atoms with van der Waals surface area (Å²) in [7, 11) is 0.245. The van der Waals surface area contributed by atoms with Gasteiger partial charge in [0.2, 0.25) is 0 Å². The van der Waals surface area contributed by atoms with Crippen molar-refractivity contribution in [3.05, 3.63) is 10.4 Å². The van der Waals surface area contributed by atoms with Gasteiger partial charge in [-0.05, 0) is 5.27 Å². The maximum absolute atomic E-state index is 11.1. The van der Waals surface area contributed by atoms with Crippen LogP contribution in [0.5, 0.6) is 0 Å². The summed E-state index contributed by atoms with van der Waals surface area (Å²) in [4.78, 5) is 11.1. The van der Waals surface area contributed by atoms with Gasteiger partial charge in [0.25, 0.3) is 5.32 Å². The lowest BCUT2D eigenvalue weighted by Crippen LogP contribution is -2.62. The van der Waals surface area contributed by atoms with Gasteiger partial charge in [-0.25, -0.2) is 4.79 Å². The molecular weight excluding hydrogens is 160 g/mol. The zero-order valence-corrected chi connectivity index (χ0v) is 8.26. The number of aryl methyl sites for hydroxylation is 1. The Morgan fingerprint density at radius 2 is 2.00 bits per heavy atom. The zero-order chi connectivity index (χ0) is 8.65. The molecule has 1 aromatic heterocycles. The van der Waals surface area contributed by atoms with E-state index in [0.29, 0.717) is 0 Å². The fourth-order valence-electron chi connectivity index (χ4n) is 1.15. The van der Waals surface area contributed by atoms with Gasteiger partial charge in [0, 0.05) is 0 Å². The minimum absolute atomic E-state index is 0.230. The van der Waals surface area contributed by atoms with Crippen LogP contribution in [0.15, 0.2) is 9.32 Å². The van der Waals surface area contributed by atoms with Crippen LogP contribution in [-0.2, 0) is 7.05 Å². The highest BCUT2D eigenvalue weighted by atomic mass is 28.3. The standard InChI is InChI=1S/C6H12N2O2Si/c1-8-5(11(2,3)4)6(9)10-7-8/h1-4H3/p+1. The maximum Gasteiger partial charge on any atom is 0.423 e. The van der Waals surface area contributed by atoms with Gasteiger partial charge in [-0.3, -0.25) is 4.52 Å². The van der Waals surface area contributed by atoms with E-state index in [0.717, 1.165) is 5.32 Å². The van der Waals surface area contributed by atoms with E-state index in [-0.39, 0.29) is 5.63 Å². The number of nitrogens with zero attached hydrogens (tertiary/aromatic N) is 1. The van der Waals surface area contributed by atoms with Gasteiger partial charge in [-0.15, -0.1) is 0 Å². The fraction of sp³-hybridized carbons (Fsp3) is 0.667. The van der Waals surface area contributed by atoms with Crippen molar-refractivity contribution in [2.75, 3.05) is 0 Å². The molecule has 1 rings (SSSR count). The summed E-state index contributed by atoms with van der Waals surface area (Å²) in [5.41, 5.74) is -0.230. The van der Waals surface area contributed by atoms with Gasteiger partial charge in [0.05, 0.1) is 0 Å². The van der Waals surface area contributed by atoms with Crippen LogP contribution in [0.3, 0.4) is 0 Å². The van der Waals surface area contributed by atoms with Crippen LogP contribution >= 0.6 is 0 Å². The van der Waals surface area contributed by atoms with Gasteiger partial charge < -0.3 is 0 Å². The normalized spacial score (nSPS) is 12.0. The number of rotatable bonds is 1. The van der Waals surface area contributed by atoms with Gasteiger partial charge in [0.1, 0.15) is 0 Å². The van der Waals surface area contributed by atoms with Crippen LogP contribution in [-0.4, -0.2) is 13.3 Å². The van der Waals surface area contributed by atoms with Crippen molar-refractivity contribution in [2.45, 2.75) is 19.6 Å². The van der Waals surface area contributed by atoms with Gasteiger partial charge in [-0.2, -0.15) is 0 Å². The van der Waals surface area contributed by atoms with Crippen LogP contribution in [0.2, 0.25) is 19.6 Å².